The van der Waals surface area contributed by atoms with Crippen molar-refractivity contribution in [3.05, 3.63) is 64.7 Å². The fourth-order valence-corrected chi connectivity index (χ4v) is 4.30. The summed E-state index contributed by atoms with van der Waals surface area (Å²) >= 11 is 5.70. The zero-order chi connectivity index (χ0) is 19.8. The molecule has 1 fully saturated rings. The van der Waals surface area contributed by atoms with Crippen LogP contribution < -0.4 is 10.0 Å². The molecule has 1 aliphatic heterocycles. The summed E-state index contributed by atoms with van der Waals surface area (Å²) in [6.07, 6.45) is 0.0833. The Balaban J connectivity index is 1.85. The van der Waals surface area contributed by atoms with Crippen LogP contribution in [0.15, 0.2) is 42.5 Å². The summed E-state index contributed by atoms with van der Waals surface area (Å²) < 4.78 is 54.9. The molecule has 1 heterocycles. The van der Waals surface area contributed by atoms with Crippen molar-refractivity contribution >= 4 is 33.4 Å². The largest absolute Gasteiger partial charge is 0.325 e. The van der Waals surface area contributed by atoms with E-state index in [2.05, 4.69) is 10.0 Å². The first kappa shape index (κ1) is 19.7. The third kappa shape index (κ3) is 4.27. The van der Waals surface area contributed by atoms with Gasteiger partial charge in [0.1, 0.15) is 17.7 Å². The van der Waals surface area contributed by atoms with Crippen LogP contribution in [0.3, 0.4) is 0 Å². The maximum absolute atomic E-state index is 13.5. The molecule has 144 valence electrons. The first-order valence-corrected chi connectivity index (χ1v) is 9.76. The molecule has 0 radical (unpaired) electrons. The van der Waals surface area contributed by atoms with E-state index in [-0.39, 0.29) is 17.1 Å². The van der Waals surface area contributed by atoms with E-state index >= 15 is 0 Å². The molecule has 1 amide bonds. The van der Waals surface area contributed by atoms with Crippen LogP contribution in [0.2, 0.25) is 5.02 Å². The van der Waals surface area contributed by atoms with Gasteiger partial charge in [0.2, 0.25) is 5.91 Å². The van der Waals surface area contributed by atoms with E-state index in [1.54, 1.807) is 6.07 Å². The fraction of sp³-hybridized carbons (Fsp3) is 0.235. The lowest BCUT2D eigenvalue weighted by Gasteiger charge is -2.36. The van der Waals surface area contributed by atoms with Crippen LogP contribution in [0.1, 0.15) is 18.0 Å². The number of halogens is 3. The molecule has 0 bridgehead atoms. The summed E-state index contributed by atoms with van der Waals surface area (Å²) in [5.41, 5.74) is 0.646. The minimum absolute atomic E-state index is 0.0833. The van der Waals surface area contributed by atoms with Gasteiger partial charge in [-0.3, -0.25) is 4.79 Å². The van der Waals surface area contributed by atoms with Crippen molar-refractivity contribution in [3.63, 3.8) is 0 Å². The second kappa shape index (κ2) is 7.51. The summed E-state index contributed by atoms with van der Waals surface area (Å²) in [7, 11) is -2.69. The Bertz CT molecular complexity index is 987. The molecule has 0 aliphatic carbocycles. The van der Waals surface area contributed by atoms with Gasteiger partial charge in [-0.05, 0) is 42.3 Å². The molecule has 0 saturated carbocycles. The summed E-state index contributed by atoms with van der Waals surface area (Å²) in [6, 6.07) is 7.33. The Morgan fingerprint density at radius 3 is 2.67 bits per heavy atom. The number of carbonyl (C=O) groups excluding carboxylic acids is 1. The van der Waals surface area contributed by atoms with Crippen molar-refractivity contribution in [2.45, 2.75) is 18.5 Å². The molecule has 1 aliphatic rings. The molecule has 0 aromatic heterocycles. The van der Waals surface area contributed by atoms with Gasteiger partial charge in [-0.2, -0.15) is 17.4 Å². The first-order valence-electron chi connectivity index (χ1n) is 7.94. The van der Waals surface area contributed by atoms with Crippen molar-refractivity contribution in [1.29, 1.82) is 0 Å². The van der Waals surface area contributed by atoms with Crippen molar-refractivity contribution in [2.24, 2.45) is 0 Å². The molecule has 2 aromatic rings. The second-order valence-corrected chi connectivity index (χ2v) is 8.29. The zero-order valence-corrected chi connectivity index (χ0v) is 15.7. The molecule has 27 heavy (non-hydrogen) atoms. The van der Waals surface area contributed by atoms with E-state index < -0.39 is 39.8 Å². The number of nitrogens with zero attached hydrogens (tertiary/aromatic N) is 1. The van der Waals surface area contributed by atoms with Crippen molar-refractivity contribution < 1.29 is 22.0 Å². The van der Waals surface area contributed by atoms with Crippen LogP contribution >= 0.6 is 11.6 Å². The second-order valence-electron chi connectivity index (χ2n) is 6.12. The zero-order valence-electron chi connectivity index (χ0n) is 14.1. The van der Waals surface area contributed by atoms with Gasteiger partial charge in [-0.1, -0.05) is 23.7 Å². The minimum atomic E-state index is -3.96. The predicted molar refractivity (Wildman–Crippen MR) is 97.4 cm³/mol. The number of rotatable bonds is 3. The Kier molecular flexibility index (Phi) is 5.48. The number of hydrogen-bond donors (Lipinski definition) is 2. The molecule has 2 atom stereocenters. The van der Waals surface area contributed by atoms with E-state index in [0.717, 1.165) is 10.4 Å². The summed E-state index contributed by atoms with van der Waals surface area (Å²) in [5.74, 6) is -1.75. The monoisotopic (exact) mass is 415 g/mol. The van der Waals surface area contributed by atoms with Gasteiger partial charge in [0.25, 0.3) is 10.2 Å². The Labute approximate surface area is 160 Å². The van der Waals surface area contributed by atoms with Gasteiger partial charge >= 0.3 is 0 Å². The minimum Gasteiger partial charge on any atom is -0.325 e. The van der Waals surface area contributed by atoms with Gasteiger partial charge in [0.15, 0.2) is 0 Å². The number of anilines is 1. The maximum atomic E-state index is 13.5. The number of nitrogens with one attached hydrogen (secondary N) is 2. The van der Waals surface area contributed by atoms with Gasteiger partial charge in [-0.15, -0.1) is 0 Å². The summed E-state index contributed by atoms with van der Waals surface area (Å²) in [4.78, 5) is 12.6. The quantitative estimate of drug-likeness (QED) is 0.809. The van der Waals surface area contributed by atoms with E-state index in [4.69, 9.17) is 11.6 Å². The highest BCUT2D eigenvalue weighted by atomic mass is 35.5. The molecular formula is C17H16ClF2N3O3S. The average molecular weight is 416 g/mol. The van der Waals surface area contributed by atoms with E-state index in [1.807, 2.05) is 0 Å². The van der Waals surface area contributed by atoms with Crippen LogP contribution in [0.25, 0.3) is 0 Å². The molecule has 10 heteroatoms. The molecule has 6 nitrogen and oxygen atoms in total. The third-order valence-corrected chi connectivity index (χ3v) is 6.19. The first-order chi connectivity index (χ1) is 12.7. The Morgan fingerprint density at radius 2 is 2.00 bits per heavy atom. The number of carbonyl (C=O) groups is 1. The number of hydrogen-bond acceptors (Lipinski definition) is 3. The van der Waals surface area contributed by atoms with Crippen LogP contribution in [0.4, 0.5) is 14.5 Å². The lowest BCUT2D eigenvalue weighted by molar-refractivity contribution is -0.120. The molecular weight excluding hydrogens is 400 g/mol. The highest BCUT2D eigenvalue weighted by molar-refractivity contribution is 7.87. The van der Waals surface area contributed by atoms with E-state index in [9.17, 15) is 22.0 Å². The molecule has 2 aromatic carbocycles. The normalized spacial score (nSPS) is 22.4. The SMILES string of the molecule is CN1[C@@H](C(=O)Nc2ccc(F)c(Cl)c2)C[C@@H](c2cccc(F)c2)NS1(=O)=O. The highest BCUT2D eigenvalue weighted by Gasteiger charge is 2.40. The average Bonchev–Trinajstić information content (AvgIpc) is 2.60. The van der Waals surface area contributed by atoms with Crippen LogP contribution in [-0.2, 0) is 15.0 Å². The van der Waals surface area contributed by atoms with Crippen LogP contribution in [-0.4, -0.2) is 31.7 Å². The van der Waals surface area contributed by atoms with Gasteiger partial charge in [0.05, 0.1) is 11.1 Å². The highest BCUT2D eigenvalue weighted by Crippen LogP contribution is 2.29. The molecule has 2 N–H and O–H groups in total. The Morgan fingerprint density at radius 1 is 1.26 bits per heavy atom. The molecule has 0 unspecified atom stereocenters. The van der Waals surface area contributed by atoms with E-state index in [0.29, 0.717) is 5.56 Å². The van der Waals surface area contributed by atoms with Crippen molar-refractivity contribution in [2.75, 3.05) is 12.4 Å². The van der Waals surface area contributed by atoms with Crippen LogP contribution in [0, 0.1) is 11.6 Å². The lowest BCUT2D eigenvalue weighted by Crippen LogP contribution is -2.55. The standard InChI is InChI=1S/C17H16ClF2N3O3S/c1-23-16(17(24)21-12-5-6-14(20)13(18)8-12)9-15(22-27(23,25)26)10-3-2-4-11(19)7-10/h2-8,15-16,22H,9H2,1H3,(H,21,24)/t15-,16+/m0/s1. The summed E-state index contributed by atoms with van der Waals surface area (Å²) in [6.45, 7) is 0. The number of likely N-dealkylation sites (N-methyl/N-ethyl adjacent to an activating group) is 1. The topological polar surface area (TPSA) is 78.5 Å². The van der Waals surface area contributed by atoms with Gasteiger partial charge < -0.3 is 5.32 Å². The Hall–Kier alpha value is -2.07. The predicted octanol–water partition coefficient (Wildman–Crippen LogP) is 2.84. The van der Waals surface area contributed by atoms with Gasteiger partial charge in [-0.25, -0.2) is 8.78 Å². The fourth-order valence-electron chi connectivity index (χ4n) is 2.85. The number of benzene rings is 2. The van der Waals surface area contributed by atoms with Gasteiger partial charge in [0, 0.05) is 12.7 Å². The smallest absolute Gasteiger partial charge is 0.280 e. The molecule has 3 rings (SSSR count). The molecule has 1 saturated heterocycles. The number of amides is 1. The van der Waals surface area contributed by atoms with Crippen molar-refractivity contribution in [3.8, 4) is 0 Å². The molecule has 0 spiro atoms. The third-order valence-electron chi connectivity index (χ3n) is 4.31. The van der Waals surface area contributed by atoms with Crippen LogP contribution in [0.5, 0.6) is 0 Å². The maximum Gasteiger partial charge on any atom is 0.280 e. The van der Waals surface area contributed by atoms with Crippen molar-refractivity contribution in [1.82, 2.24) is 9.03 Å². The summed E-state index contributed by atoms with van der Waals surface area (Å²) in [5, 5.41) is 2.36. The lowest BCUT2D eigenvalue weighted by atomic mass is 9.99. The van der Waals surface area contributed by atoms with E-state index in [1.165, 1.54) is 37.4 Å².